The van der Waals surface area contributed by atoms with Gasteiger partial charge in [-0.05, 0) is 116 Å². The van der Waals surface area contributed by atoms with Crippen LogP contribution in [0.2, 0.25) is 0 Å². The Labute approximate surface area is 247 Å². The second-order valence-corrected chi connectivity index (χ2v) is 12.3. The van der Waals surface area contributed by atoms with E-state index in [0.717, 1.165) is 59.9 Å². The Bertz CT molecular complexity index is 1390. The molecule has 0 spiro atoms. The minimum Gasteiger partial charge on any atom is -0.487 e. The van der Waals surface area contributed by atoms with Gasteiger partial charge in [-0.15, -0.1) is 0 Å². The predicted octanol–water partition coefficient (Wildman–Crippen LogP) is 6.68. The molecule has 0 unspecified atom stereocenters. The molecule has 190 valence electrons. The molecular formula is C28H24I2N2O4S. The number of hydrogen-bond acceptors (Lipinski definition) is 5. The molecule has 2 saturated heterocycles. The summed E-state index contributed by atoms with van der Waals surface area (Å²) in [5.41, 5.74) is 1.92. The third-order valence-corrected chi connectivity index (χ3v) is 8.96. The molecule has 6 nitrogen and oxygen atoms in total. The van der Waals surface area contributed by atoms with Gasteiger partial charge in [-0.3, -0.25) is 19.3 Å². The van der Waals surface area contributed by atoms with Crippen LogP contribution in [0.15, 0.2) is 59.5 Å². The van der Waals surface area contributed by atoms with Crippen LogP contribution in [0.1, 0.15) is 30.4 Å². The number of ether oxygens (including phenoxy) is 1. The number of benzene rings is 3. The summed E-state index contributed by atoms with van der Waals surface area (Å²) in [4.78, 5) is 41.2. The van der Waals surface area contributed by atoms with E-state index in [4.69, 9.17) is 4.74 Å². The summed E-state index contributed by atoms with van der Waals surface area (Å²) < 4.78 is 8.06. The molecule has 2 heterocycles. The monoisotopic (exact) mass is 738 g/mol. The lowest BCUT2D eigenvalue weighted by atomic mass is 10.1. The molecule has 0 radical (unpaired) electrons. The SMILES string of the molecule is O=C(CN1C(=O)S/C(=C\c2cc(I)c(OCc3cccc4ccccc34)c(I)c2)C1=O)N1CCCCC1. The van der Waals surface area contributed by atoms with E-state index in [1.807, 2.05) is 30.3 Å². The van der Waals surface area contributed by atoms with Crippen molar-refractivity contribution in [3.8, 4) is 5.75 Å². The van der Waals surface area contributed by atoms with Gasteiger partial charge in [0.05, 0.1) is 12.0 Å². The van der Waals surface area contributed by atoms with Crippen LogP contribution in [0.4, 0.5) is 4.79 Å². The number of fused-ring (bicyclic) bond motifs is 1. The zero-order chi connectivity index (χ0) is 25.9. The third kappa shape index (κ3) is 5.98. The van der Waals surface area contributed by atoms with Crippen LogP contribution in [-0.2, 0) is 16.2 Å². The minimum atomic E-state index is -0.415. The van der Waals surface area contributed by atoms with Gasteiger partial charge < -0.3 is 9.64 Å². The largest absolute Gasteiger partial charge is 0.487 e. The third-order valence-electron chi connectivity index (χ3n) is 6.45. The number of halogens is 2. The molecule has 37 heavy (non-hydrogen) atoms. The van der Waals surface area contributed by atoms with Crippen molar-refractivity contribution < 1.29 is 19.1 Å². The average Bonchev–Trinajstić information content (AvgIpc) is 3.16. The molecule has 0 saturated carbocycles. The van der Waals surface area contributed by atoms with Crippen molar-refractivity contribution in [3.05, 3.63) is 77.8 Å². The number of nitrogens with zero attached hydrogens (tertiary/aromatic N) is 2. The first-order valence-corrected chi connectivity index (χ1v) is 15.0. The predicted molar refractivity (Wildman–Crippen MR) is 163 cm³/mol. The summed E-state index contributed by atoms with van der Waals surface area (Å²) in [6.45, 7) is 1.63. The Morgan fingerprint density at radius 1 is 0.973 bits per heavy atom. The molecule has 3 amide bonds. The number of rotatable bonds is 6. The highest BCUT2D eigenvalue weighted by Crippen LogP contribution is 2.35. The molecule has 0 atom stereocenters. The number of imide groups is 1. The topological polar surface area (TPSA) is 66.9 Å². The van der Waals surface area contributed by atoms with Crippen LogP contribution in [0, 0.1) is 7.14 Å². The Hall–Kier alpha value is -2.12. The van der Waals surface area contributed by atoms with Crippen molar-refractivity contribution in [1.82, 2.24) is 9.80 Å². The van der Waals surface area contributed by atoms with E-state index < -0.39 is 11.1 Å². The summed E-state index contributed by atoms with van der Waals surface area (Å²) in [7, 11) is 0. The number of amides is 3. The first-order valence-electron chi connectivity index (χ1n) is 12.0. The second-order valence-electron chi connectivity index (χ2n) is 8.95. The second kappa shape index (κ2) is 11.7. The van der Waals surface area contributed by atoms with Crippen LogP contribution >= 0.6 is 56.9 Å². The van der Waals surface area contributed by atoms with E-state index in [9.17, 15) is 14.4 Å². The fourth-order valence-electron chi connectivity index (χ4n) is 4.54. The summed E-state index contributed by atoms with van der Waals surface area (Å²) in [5, 5.41) is 1.94. The smallest absolute Gasteiger partial charge is 0.294 e. The number of carbonyl (C=O) groups excluding carboxylic acids is 3. The molecule has 0 aliphatic carbocycles. The van der Waals surface area contributed by atoms with Crippen LogP contribution in [0.5, 0.6) is 5.75 Å². The Morgan fingerprint density at radius 2 is 1.68 bits per heavy atom. The number of hydrogen-bond donors (Lipinski definition) is 0. The highest BCUT2D eigenvalue weighted by atomic mass is 127. The molecule has 2 fully saturated rings. The summed E-state index contributed by atoms with van der Waals surface area (Å²) >= 11 is 5.35. The number of piperidine rings is 1. The van der Waals surface area contributed by atoms with Crippen LogP contribution in [0.25, 0.3) is 16.8 Å². The molecule has 3 aromatic rings. The molecule has 0 N–H and O–H groups in total. The van der Waals surface area contributed by atoms with Gasteiger partial charge in [0.25, 0.3) is 11.1 Å². The number of likely N-dealkylation sites (tertiary alicyclic amines) is 1. The molecule has 2 aliphatic rings. The van der Waals surface area contributed by atoms with Gasteiger partial charge in [0.15, 0.2) is 0 Å². The quantitative estimate of drug-likeness (QED) is 0.209. The molecule has 0 bridgehead atoms. The van der Waals surface area contributed by atoms with Crippen LogP contribution < -0.4 is 4.74 Å². The van der Waals surface area contributed by atoms with Gasteiger partial charge >= 0.3 is 0 Å². The highest BCUT2D eigenvalue weighted by molar-refractivity contribution is 14.1. The van der Waals surface area contributed by atoms with Crippen LogP contribution in [-0.4, -0.2) is 46.5 Å². The van der Waals surface area contributed by atoms with Gasteiger partial charge in [-0.25, -0.2) is 0 Å². The molecule has 0 aromatic heterocycles. The standard InChI is InChI=1S/C28H24I2N2O4S/c29-22-13-18(14-23(30)26(22)36-17-20-9-6-8-19-7-2-3-10-21(19)20)15-24-27(34)32(28(35)37-24)16-25(33)31-11-4-1-5-12-31/h2-3,6-10,13-15H,1,4-5,11-12,16-17H2/b24-15-. The molecule has 2 aliphatic heterocycles. The molecule has 9 heteroatoms. The van der Waals surface area contributed by atoms with E-state index in [-0.39, 0.29) is 12.5 Å². The maximum atomic E-state index is 13.0. The van der Waals surface area contributed by atoms with Gasteiger partial charge in [-0.2, -0.15) is 0 Å². The molecular weight excluding hydrogens is 714 g/mol. The normalized spacial score (nSPS) is 17.2. The van der Waals surface area contributed by atoms with Gasteiger partial charge in [0, 0.05) is 13.1 Å². The van der Waals surface area contributed by atoms with Gasteiger partial charge in [0.1, 0.15) is 18.9 Å². The van der Waals surface area contributed by atoms with Crippen molar-refractivity contribution >= 4 is 90.8 Å². The number of carbonyl (C=O) groups is 3. The minimum absolute atomic E-state index is 0.167. The zero-order valence-electron chi connectivity index (χ0n) is 19.9. The fourth-order valence-corrected chi connectivity index (χ4v) is 7.50. The van der Waals surface area contributed by atoms with Crippen molar-refractivity contribution in [2.24, 2.45) is 0 Å². The first kappa shape index (κ1) is 26.5. The molecule has 3 aromatic carbocycles. The van der Waals surface area contributed by atoms with E-state index in [2.05, 4.69) is 69.4 Å². The van der Waals surface area contributed by atoms with Crippen molar-refractivity contribution in [1.29, 1.82) is 0 Å². The first-order chi connectivity index (χ1) is 17.9. The average molecular weight is 738 g/mol. The Kier molecular flexibility index (Phi) is 8.40. The summed E-state index contributed by atoms with van der Waals surface area (Å²) in [6.07, 6.45) is 4.76. The Balaban J connectivity index is 1.29. The van der Waals surface area contributed by atoms with Crippen LogP contribution in [0.3, 0.4) is 0 Å². The van der Waals surface area contributed by atoms with E-state index in [1.54, 1.807) is 11.0 Å². The fraction of sp³-hybridized carbons (Fsp3) is 0.250. The maximum Gasteiger partial charge on any atom is 0.294 e. The van der Waals surface area contributed by atoms with Crippen molar-refractivity contribution in [3.63, 3.8) is 0 Å². The van der Waals surface area contributed by atoms with Gasteiger partial charge in [0.2, 0.25) is 5.91 Å². The summed E-state index contributed by atoms with van der Waals surface area (Å²) in [6, 6.07) is 18.3. The lowest BCUT2D eigenvalue weighted by Gasteiger charge is -2.27. The zero-order valence-corrected chi connectivity index (χ0v) is 25.0. The Morgan fingerprint density at radius 3 is 2.43 bits per heavy atom. The highest BCUT2D eigenvalue weighted by Gasteiger charge is 2.37. The lowest BCUT2D eigenvalue weighted by Crippen LogP contribution is -2.44. The lowest BCUT2D eigenvalue weighted by molar-refractivity contribution is -0.136. The van der Waals surface area contributed by atoms with Crippen molar-refractivity contribution in [2.75, 3.05) is 19.6 Å². The summed E-state index contributed by atoms with van der Waals surface area (Å²) in [5.74, 6) is 0.202. The maximum absolute atomic E-state index is 13.0. The van der Waals surface area contributed by atoms with E-state index in [0.29, 0.717) is 24.6 Å². The van der Waals surface area contributed by atoms with Crippen molar-refractivity contribution in [2.45, 2.75) is 25.9 Å². The van der Waals surface area contributed by atoms with Gasteiger partial charge in [-0.1, -0.05) is 42.5 Å². The van der Waals surface area contributed by atoms with E-state index >= 15 is 0 Å². The van der Waals surface area contributed by atoms with E-state index in [1.165, 1.54) is 10.8 Å². The number of thioether (sulfide) groups is 1. The molecule has 5 rings (SSSR count).